The van der Waals surface area contributed by atoms with Crippen molar-refractivity contribution in [1.82, 2.24) is 20.1 Å². The summed E-state index contributed by atoms with van der Waals surface area (Å²) in [4.78, 5) is 11.9. The Balaban J connectivity index is 1.98. The average molecular weight is 334 g/mol. The Morgan fingerprint density at radius 1 is 1.50 bits per heavy atom. The summed E-state index contributed by atoms with van der Waals surface area (Å²) in [7, 11) is 0. The van der Waals surface area contributed by atoms with Crippen LogP contribution in [0.2, 0.25) is 0 Å². The molecule has 0 saturated carbocycles. The predicted octanol–water partition coefficient (Wildman–Crippen LogP) is 1.79. The van der Waals surface area contributed by atoms with Crippen LogP contribution in [-0.4, -0.2) is 20.7 Å². The molecule has 1 aromatic carbocycles. The van der Waals surface area contributed by atoms with E-state index in [2.05, 4.69) is 31.4 Å². The molecule has 0 bridgehead atoms. The first-order chi connectivity index (χ1) is 9.60. The van der Waals surface area contributed by atoms with Gasteiger partial charge in [0.15, 0.2) is 0 Å². The molecule has 0 aliphatic heterocycles. The Kier molecular flexibility index (Phi) is 4.48. The van der Waals surface area contributed by atoms with Crippen molar-refractivity contribution in [2.75, 3.05) is 0 Å². The smallest absolute Gasteiger partial charge is 0.240 e. The quantitative estimate of drug-likeness (QED) is 0.924. The van der Waals surface area contributed by atoms with E-state index in [4.69, 9.17) is 5.26 Å². The SMILES string of the molecule is CC(NC(=O)Cn1cnnc1C#N)c1ccc(Br)cc1. The zero-order valence-electron chi connectivity index (χ0n) is 10.7. The molecule has 0 radical (unpaired) electrons. The van der Waals surface area contributed by atoms with Crippen molar-refractivity contribution in [3.05, 3.63) is 46.5 Å². The molecule has 1 amide bonds. The summed E-state index contributed by atoms with van der Waals surface area (Å²) < 4.78 is 2.40. The average Bonchev–Trinajstić information content (AvgIpc) is 2.86. The Hall–Kier alpha value is -2.20. The van der Waals surface area contributed by atoms with E-state index in [1.54, 1.807) is 0 Å². The monoisotopic (exact) mass is 333 g/mol. The van der Waals surface area contributed by atoms with Gasteiger partial charge in [-0.05, 0) is 24.6 Å². The molecule has 102 valence electrons. The number of nitriles is 1. The van der Waals surface area contributed by atoms with Crippen LogP contribution in [0.4, 0.5) is 0 Å². The normalized spacial score (nSPS) is 11.7. The third-order valence-corrected chi connectivity index (χ3v) is 3.31. The number of nitrogens with one attached hydrogen (secondary N) is 1. The first-order valence-corrected chi connectivity index (χ1v) is 6.72. The summed E-state index contributed by atoms with van der Waals surface area (Å²) in [6.45, 7) is 1.93. The predicted molar refractivity (Wildman–Crippen MR) is 75.4 cm³/mol. The molecule has 1 N–H and O–H groups in total. The molecule has 6 nitrogen and oxygen atoms in total. The second kappa shape index (κ2) is 6.30. The molecule has 0 saturated heterocycles. The lowest BCUT2D eigenvalue weighted by molar-refractivity contribution is -0.122. The number of carbonyl (C=O) groups is 1. The molecular weight excluding hydrogens is 322 g/mol. The number of amides is 1. The number of nitrogens with zero attached hydrogens (tertiary/aromatic N) is 4. The highest BCUT2D eigenvalue weighted by molar-refractivity contribution is 9.10. The minimum absolute atomic E-state index is 0.0246. The van der Waals surface area contributed by atoms with Gasteiger partial charge in [0.1, 0.15) is 18.9 Å². The maximum Gasteiger partial charge on any atom is 0.240 e. The lowest BCUT2D eigenvalue weighted by atomic mass is 10.1. The minimum Gasteiger partial charge on any atom is -0.348 e. The summed E-state index contributed by atoms with van der Waals surface area (Å²) in [6, 6.07) is 9.49. The molecular formula is C13H12BrN5O. The second-order valence-electron chi connectivity index (χ2n) is 4.24. The van der Waals surface area contributed by atoms with E-state index in [0.717, 1.165) is 10.0 Å². The van der Waals surface area contributed by atoms with Gasteiger partial charge in [-0.2, -0.15) is 5.26 Å². The van der Waals surface area contributed by atoms with Crippen LogP contribution in [0.5, 0.6) is 0 Å². The van der Waals surface area contributed by atoms with Gasteiger partial charge < -0.3 is 5.32 Å². The summed E-state index contributed by atoms with van der Waals surface area (Å²) in [5, 5.41) is 18.9. The summed E-state index contributed by atoms with van der Waals surface area (Å²) in [5.74, 6) is -0.0758. The standard InChI is InChI=1S/C13H12BrN5O/c1-9(10-2-4-11(14)5-3-10)17-13(20)7-19-8-16-18-12(19)6-15/h2-5,8-9H,7H2,1H3,(H,17,20). The van der Waals surface area contributed by atoms with Crippen LogP contribution < -0.4 is 5.32 Å². The van der Waals surface area contributed by atoms with E-state index in [-0.39, 0.29) is 24.3 Å². The summed E-state index contributed by atoms with van der Waals surface area (Å²) in [5.41, 5.74) is 1.01. The highest BCUT2D eigenvalue weighted by Gasteiger charge is 2.12. The Bertz CT molecular complexity index is 644. The van der Waals surface area contributed by atoms with Crippen LogP contribution in [0, 0.1) is 11.3 Å². The van der Waals surface area contributed by atoms with Crippen molar-refractivity contribution in [1.29, 1.82) is 5.26 Å². The number of hydrogen-bond donors (Lipinski definition) is 1. The second-order valence-corrected chi connectivity index (χ2v) is 5.15. The molecule has 0 fully saturated rings. The number of halogens is 1. The fraction of sp³-hybridized carbons (Fsp3) is 0.231. The van der Waals surface area contributed by atoms with Crippen LogP contribution in [-0.2, 0) is 11.3 Å². The largest absolute Gasteiger partial charge is 0.348 e. The van der Waals surface area contributed by atoms with Crippen molar-refractivity contribution in [2.24, 2.45) is 0 Å². The fourth-order valence-corrected chi connectivity index (χ4v) is 2.00. The van der Waals surface area contributed by atoms with Gasteiger partial charge in [-0.25, -0.2) is 0 Å². The van der Waals surface area contributed by atoms with Crippen LogP contribution in [0.1, 0.15) is 24.4 Å². The molecule has 0 spiro atoms. The molecule has 20 heavy (non-hydrogen) atoms. The summed E-state index contributed by atoms with van der Waals surface area (Å²) in [6.07, 6.45) is 1.36. The minimum atomic E-state index is -0.197. The van der Waals surface area contributed by atoms with Crippen LogP contribution in [0.25, 0.3) is 0 Å². The summed E-state index contributed by atoms with van der Waals surface area (Å²) >= 11 is 3.37. The Morgan fingerprint density at radius 2 is 2.20 bits per heavy atom. The number of benzene rings is 1. The van der Waals surface area contributed by atoms with E-state index >= 15 is 0 Å². The van der Waals surface area contributed by atoms with Gasteiger partial charge in [0, 0.05) is 4.47 Å². The van der Waals surface area contributed by atoms with E-state index in [0.29, 0.717) is 0 Å². The third-order valence-electron chi connectivity index (χ3n) is 2.78. The van der Waals surface area contributed by atoms with E-state index in [1.807, 2.05) is 37.3 Å². The van der Waals surface area contributed by atoms with Crippen LogP contribution in [0.3, 0.4) is 0 Å². The first kappa shape index (κ1) is 14.2. The molecule has 1 aromatic heterocycles. The maximum atomic E-state index is 11.9. The molecule has 1 atom stereocenters. The van der Waals surface area contributed by atoms with Crippen LogP contribution in [0.15, 0.2) is 35.1 Å². The van der Waals surface area contributed by atoms with Crippen molar-refractivity contribution >= 4 is 21.8 Å². The van der Waals surface area contributed by atoms with Gasteiger partial charge in [-0.15, -0.1) is 10.2 Å². The molecule has 0 aliphatic rings. The number of aromatic nitrogens is 3. The number of rotatable bonds is 4. The Labute approximate surface area is 124 Å². The number of carbonyl (C=O) groups excluding carboxylic acids is 1. The third kappa shape index (κ3) is 3.42. The van der Waals surface area contributed by atoms with Crippen LogP contribution >= 0.6 is 15.9 Å². The van der Waals surface area contributed by atoms with Crippen molar-refractivity contribution in [2.45, 2.75) is 19.5 Å². The fourth-order valence-electron chi connectivity index (χ4n) is 1.73. The van der Waals surface area contributed by atoms with E-state index < -0.39 is 0 Å². The highest BCUT2D eigenvalue weighted by atomic mass is 79.9. The van der Waals surface area contributed by atoms with Gasteiger partial charge in [-0.3, -0.25) is 9.36 Å². The van der Waals surface area contributed by atoms with Gasteiger partial charge in [0.25, 0.3) is 0 Å². The molecule has 2 rings (SSSR count). The van der Waals surface area contributed by atoms with E-state index in [1.165, 1.54) is 10.9 Å². The first-order valence-electron chi connectivity index (χ1n) is 5.93. The van der Waals surface area contributed by atoms with Crippen molar-refractivity contribution in [3.8, 4) is 6.07 Å². The Morgan fingerprint density at radius 3 is 2.85 bits per heavy atom. The topological polar surface area (TPSA) is 83.6 Å². The van der Waals surface area contributed by atoms with E-state index in [9.17, 15) is 4.79 Å². The van der Waals surface area contributed by atoms with Gasteiger partial charge in [-0.1, -0.05) is 28.1 Å². The number of hydrogen-bond acceptors (Lipinski definition) is 4. The molecule has 1 heterocycles. The molecule has 7 heteroatoms. The molecule has 1 unspecified atom stereocenters. The van der Waals surface area contributed by atoms with Gasteiger partial charge in [0.05, 0.1) is 6.04 Å². The van der Waals surface area contributed by atoms with Crippen molar-refractivity contribution < 1.29 is 4.79 Å². The zero-order chi connectivity index (χ0) is 14.5. The lowest BCUT2D eigenvalue weighted by Crippen LogP contribution is -2.30. The highest BCUT2D eigenvalue weighted by Crippen LogP contribution is 2.16. The van der Waals surface area contributed by atoms with Gasteiger partial charge in [0.2, 0.25) is 11.7 Å². The molecule has 2 aromatic rings. The van der Waals surface area contributed by atoms with Crippen molar-refractivity contribution in [3.63, 3.8) is 0 Å². The lowest BCUT2D eigenvalue weighted by Gasteiger charge is -2.14. The maximum absolute atomic E-state index is 11.9. The zero-order valence-corrected chi connectivity index (χ0v) is 12.3. The van der Waals surface area contributed by atoms with Gasteiger partial charge >= 0.3 is 0 Å². The molecule has 0 aliphatic carbocycles.